The second kappa shape index (κ2) is 9.90. The number of carbonyl (C=O) groups excluding carboxylic acids is 2. The summed E-state index contributed by atoms with van der Waals surface area (Å²) in [5.41, 5.74) is 0.148. The average Bonchev–Trinajstić information content (AvgIpc) is 2.81. The Balaban J connectivity index is 1.50. The zero-order chi connectivity index (χ0) is 23.4. The lowest BCUT2D eigenvalue weighted by Gasteiger charge is -2.43. The lowest BCUT2D eigenvalue weighted by Crippen LogP contribution is -2.62. The monoisotopic (exact) mass is 457 g/mol. The van der Waals surface area contributed by atoms with Gasteiger partial charge in [0.15, 0.2) is 6.04 Å². The summed E-state index contributed by atoms with van der Waals surface area (Å²) in [4.78, 5) is 47.3. The van der Waals surface area contributed by atoms with Crippen molar-refractivity contribution in [2.24, 2.45) is 0 Å². The number of ether oxygens (including phenoxy) is 1. The maximum Gasteiger partial charge on any atom is 0.328 e. The van der Waals surface area contributed by atoms with Crippen LogP contribution < -0.4 is 10.6 Å². The number of carboxylic acids is 1. The number of nitrogens with one attached hydrogen (secondary N) is 2. The summed E-state index contributed by atoms with van der Waals surface area (Å²) in [6.45, 7) is 0.183. The van der Waals surface area contributed by atoms with Crippen molar-refractivity contribution < 1.29 is 28.6 Å². The highest BCUT2D eigenvalue weighted by molar-refractivity contribution is 5.97. The zero-order valence-corrected chi connectivity index (χ0v) is 17.7. The number of carbonyl (C=O) groups is 3. The summed E-state index contributed by atoms with van der Waals surface area (Å²) in [6.07, 6.45) is 3.85. The van der Waals surface area contributed by atoms with Crippen molar-refractivity contribution in [2.45, 2.75) is 43.8 Å². The van der Waals surface area contributed by atoms with Gasteiger partial charge in [0.05, 0.1) is 24.9 Å². The standard InChI is InChI=1S/C22H24FN5O5/c23-14-6-2-4-7-15(14)26-22-24-10-9-16(27-22)19(29)25-17-8-3-1-5-13-11-33-12-18(21(31)32)28(13)20(17)30/h2,4,6-7,9-10,13,17-18H,1,3,5,8,11-12H2,(H,25,29)(H,31,32)(H,24,26,27). The highest BCUT2D eigenvalue weighted by Crippen LogP contribution is 2.24. The van der Waals surface area contributed by atoms with Gasteiger partial charge in [-0.2, -0.15) is 0 Å². The average molecular weight is 457 g/mol. The van der Waals surface area contributed by atoms with E-state index in [1.807, 2.05) is 0 Å². The summed E-state index contributed by atoms with van der Waals surface area (Å²) in [6, 6.07) is 5.03. The van der Waals surface area contributed by atoms with Gasteiger partial charge in [-0.05, 0) is 31.0 Å². The number of hydrogen-bond acceptors (Lipinski definition) is 7. The number of morpholine rings is 1. The van der Waals surface area contributed by atoms with Crippen molar-refractivity contribution in [2.75, 3.05) is 18.5 Å². The molecule has 10 nitrogen and oxygen atoms in total. The maximum atomic E-state index is 13.9. The molecule has 1 aromatic heterocycles. The van der Waals surface area contributed by atoms with E-state index in [4.69, 9.17) is 4.74 Å². The number of fused-ring (bicyclic) bond motifs is 1. The molecule has 3 N–H and O–H groups in total. The number of aliphatic carboxylic acids is 1. The van der Waals surface area contributed by atoms with Gasteiger partial charge in [0, 0.05) is 6.20 Å². The van der Waals surface area contributed by atoms with Gasteiger partial charge in [0.2, 0.25) is 11.9 Å². The van der Waals surface area contributed by atoms with Gasteiger partial charge in [-0.15, -0.1) is 0 Å². The molecule has 33 heavy (non-hydrogen) atoms. The summed E-state index contributed by atoms with van der Waals surface area (Å²) in [5.74, 6) is -2.66. The molecule has 4 rings (SSSR count). The van der Waals surface area contributed by atoms with Crippen molar-refractivity contribution >= 4 is 29.4 Å². The molecule has 0 bridgehead atoms. The fourth-order valence-electron chi connectivity index (χ4n) is 4.10. The van der Waals surface area contributed by atoms with E-state index in [-0.39, 0.29) is 36.6 Å². The van der Waals surface area contributed by atoms with E-state index in [1.165, 1.54) is 29.3 Å². The predicted molar refractivity (Wildman–Crippen MR) is 114 cm³/mol. The molecule has 3 atom stereocenters. The Morgan fingerprint density at radius 3 is 2.73 bits per heavy atom. The first-order chi connectivity index (χ1) is 15.9. The maximum absolute atomic E-state index is 13.9. The molecule has 0 radical (unpaired) electrons. The van der Waals surface area contributed by atoms with E-state index in [1.54, 1.807) is 12.1 Å². The number of para-hydroxylation sites is 1. The Labute approximate surface area is 189 Å². The van der Waals surface area contributed by atoms with Gasteiger partial charge in [-0.1, -0.05) is 25.0 Å². The van der Waals surface area contributed by atoms with Gasteiger partial charge in [-0.3, -0.25) is 9.59 Å². The van der Waals surface area contributed by atoms with Crippen molar-refractivity contribution in [3.63, 3.8) is 0 Å². The molecule has 0 spiro atoms. The normalized spacial score (nSPS) is 23.1. The second-order valence-corrected chi connectivity index (χ2v) is 7.97. The summed E-state index contributed by atoms with van der Waals surface area (Å²) >= 11 is 0. The summed E-state index contributed by atoms with van der Waals surface area (Å²) in [5, 5.41) is 15.0. The fraction of sp³-hybridized carbons (Fsp3) is 0.409. The Hall–Kier alpha value is -3.60. The molecule has 174 valence electrons. The third-order valence-electron chi connectivity index (χ3n) is 5.75. The summed E-state index contributed by atoms with van der Waals surface area (Å²) < 4.78 is 19.3. The molecule has 1 aromatic carbocycles. The van der Waals surface area contributed by atoms with E-state index in [0.29, 0.717) is 19.3 Å². The lowest BCUT2D eigenvalue weighted by atomic mass is 9.96. The van der Waals surface area contributed by atoms with E-state index >= 15 is 0 Å². The minimum absolute atomic E-state index is 0.00740. The quantitative estimate of drug-likeness (QED) is 0.618. The van der Waals surface area contributed by atoms with E-state index in [2.05, 4.69) is 20.6 Å². The number of aromatic nitrogens is 2. The number of amides is 2. The molecule has 2 amide bonds. The Bertz CT molecular complexity index is 1050. The Morgan fingerprint density at radius 1 is 1.15 bits per heavy atom. The van der Waals surface area contributed by atoms with Crippen LogP contribution in [0.25, 0.3) is 0 Å². The molecular formula is C22H24FN5O5. The van der Waals surface area contributed by atoms with Crippen LogP contribution in [0, 0.1) is 5.82 Å². The molecule has 2 aliphatic rings. The van der Waals surface area contributed by atoms with Gasteiger partial charge in [0.25, 0.3) is 5.91 Å². The molecule has 0 saturated carbocycles. The molecule has 2 aliphatic heterocycles. The largest absolute Gasteiger partial charge is 0.480 e. The molecule has 2 aromatic rings. The number of hydrogen-bond donors (Lipinski definition) is 3. The molecule has 11 heteroatoms. The van der Waals surface area contributed by atoms with Crippen LogP contribution in [0.3, 0.4) is 0 Å². The van der Waals surface area contributed by atoms with Crippen LogP contribution in [0.2, 0.25) is 0 Å². The number of nitrogens with zero attached hydrogens (tertiary/aromatic N) is 3. The van der Waals surface area contributed by atoms with Crippen LogP contribution >= 0.6 is 0 Å². The van der Waals surface area contributed by atoms with Gasteiger partial charge < -0.3 is 25.4 Å². The van der Waals surface area contributed by atoms with Crippen LogP contribution in [-0.4, -0.2) is 69.1 Å². The van der Waals surface area contributed by atoms with Crippen LogP contribution in [0.4, 0.5) is 16.0 Å². The smallest absolute Gasteiger partial charge is 0.328 e. The molecule has 2 fully saturated rings. The number of rotatable bonds is 5. The van der Waals surface area contributed by atoms with Crippen LogP contribution in [0.5, 0.6) is 0 Å². The van der Waals surface area contributed by atoms with Crippen LogP contribution in [0.15, 0.2) is 36.5 Å². The summed E-state index contributed by atoms with van der Waals surface area (Å²) in [7, 11) is 0. The first-order valence-corrected chi connectivity index (χ1v) is 10.7. The van der Waals surface area contributed by atoms with Crippen molar-refractivity contribution in [3.8, 4) is 0 Å². The van der Waals surface area contributed by atoms with Crippen molar-refractivity contribution in [1.82, 2.24) is 20.2 Å². The number of halogens is 1. The second-order valence-electron chi connectivity index (χ2n) is 7.97. The zero-order valence-electron chi connectivity index (χ0n) is 17.7. The highest BCUT2D eigenvalue weighted by atomic mass is 19.1. The van der Waals surface area contributed by atoms with E-state index in [9.17, 15) is 23.9 Å². The number of benzene rings is 1. The molecular weight excluding hydrogens is 433 g/mol. The molecule has 3 heterocycles. The fourth-order valence-corrected chi connectivity index (χ4v) is 4.10. The minimum atomic E-state index is -1.14. The van der Waals surface area contributed by atoms with E-state index < -0.39 is 35.7 Å². The van der Waals surface area contributed by atoms with Crippen molar-refractivity contribution in [3.05, 3.63) is 48.0 Å². The molecule has 3 unspecified atom stereocenters. The number of carboxylic acid groups (broad SMARTS) is 1. The highest BCUT2D eigenvalue weighted by Gasteiger charge is 2.42. The van der Waals surface area contributed by atoms with Gasteiger partial charge in [-0.25, -0.2) is 19.2 Å². The number of anilines is 2. The molecule has 2 saturated heterocycles. The molecule has 0 aliphatic carbocycles. The SMILES string of the molecule is O=C(NC1CCCCC2COCC(C(=O)O)N2C1=O)c1ccnc(Nc2ccccc2F)n1. The third kappa shape index (κ3) is 5.08. The van der Waals surface area contributed by atoms with E-state index in [0.717, 1.165) is 6.42 Å². The van der Waals surface area contributed by atoms with Crippen LogP contribution in [-0.2, 0) is 14.3 Å². The van der Waals surface area contributed by atoms with Crippen molar-refractivity contribution in [1.29, 1.82) is 0 Å². The Morgan fingerprint density at radius 2 is 1.94 bits per heavy atom. The Kier molecular flexibility index (Phi) is 6.78. The minimum Gasteiger partial charge on any atom is -0.480 e. The van der Waals surface area contributed by atoms with Crippen LogP contribution in [0.1, 0.15) is 36.2 Å². The lowest BCUT2D eigenvalue weighted by molar-refractivity contribution is -0.165. The predicted octanol–water partition coefficient (Wildman–Crippen LogP) is 1.71. The first kappa shape index (κ1) is 22.6. The van der Waals surface area contributed by atoms with Gasteiger partial charge in [0.1, 0.15) is 17.6 Å². The topological polar surface area (TPSA) is 134 Å². The van der Waals surface area contributed by atoms with Gasteiger partial charge >= 0.3 is 5.97 Å². The third-order valence-corrected chi connectivity index (χ3v) is 5.75. The first-order valence-electron chi connectivity index (χ1n) is 10.7.